The van der Waals surface area contributed by atoms with Crippen LogP contribution in [-0.4, -0.2) is 65.6 Å². The maximum absolute atomic E-state index is 12.0. The van der Waals surface area contributed by atoms with Crippen molar-refractivity contribution in [1.82, 2.24) is 20.2 Å². The number of fused-ring (bicyclic) bond motifs is 1. The molecule has 4 aromatic rings. The van der Waals surface area contributed by atoms with Crippen LogP contribution in [0.2, 0.25) is 10.0 Å². The number of benzene rings is 2. The lowest BCUT2D eigenvalue weighted by atomic mass is 9.63. The fourth-order valence-electron chi connectivity index (χ4n) is 9.25. The summed E-state index contributed by atoms with van der Waals surface area (Å²) < 4.78 is 17.9. The number of ether oxygens (including phenoxy) is 3. The summed E-state index contributed by atoms with van der Waals surface area (Å²) >= 11 is 14.0. The molecule has 2 N–H and O–H groups in total. The van der Waals surface area contributed by atoms with Gasteiger partial charge in [0.2, 0.25) is 17.6 Å². The van der Waals surface area contributed by atoms with Gasteiger partial charge in [0.05, 0.1) is 30.9 Å². The standard InChI is InChI=1S/C43H46Cl2N4O6/c1-53-39-26(21-46-20-25-10-12-28(50)18-25)11-14-36(47-39)33-9-4-8-32(38(33)45)29-6-3-7-31-30(29)13-15-37(31)55-41-35(44)19-27(40(48-41)54-2)22-49-23-34(42(51)52)43(24-49)16-5-17-43/h3-4,6-9,11,14,19,25,34,37,46H,5,10,12-13,15-18,20-24H2,1-2H3,(H,51,52)/t25-,34?,37+/m1/s1. The molecule has 288 valence electrons. The van der Waals surface area contributed by atoms with Crippen molar-refractivity contribution >= 4 is 35.0 Å². The number of aliphatic carboxylic acids is 1. The number of rotatable bonds is 13. The van der Waals surface area contributed by atoms with Gasteiger partial charge in [-0.3, -0.25) is 14.5 Å². The first-order chi connectivity index (χ1) is 26.7. The van der Waals surface area contributed by atoms with Crippen LogP contribution in [0.5, 0.6) is 17.6 Å². The second kappa shape index (κ2) is 15.7. The number of nitrogens with zero attached hydrogens (tertiary/aromatic N) is 3. The third-order valence-corrected chi connectivity index (χ3v) is 12.9. The van der Waals surface area contributed by atoms with E-state index in [9.17, 15) is 14.7 Å². The van der Waals surface area contributed by atoms with Crippen LogP contribution in [0.3, 0.4) is 0 Å². The smallest absolute Gasteiger partial charge is 0.308 e. The monoisotopic (exact) mass is 784 g/mol. The number of carboxylic acids is 1. The topological polar surface area (TPSA) is 123 Å². The average molecular weight is 786 g/mol. The predicted octanol–water partition coefficient (Wildman–Crippen LogP) is 8.35. The molecule has 55 heavy (non-hydrogen) atoms. The molecule has 4 aliphatic rings. The maximum atomic E-state index is 12.0. The van der Waals surface area contributed by atoms with Crippen molar-refractivity contribution < 1.29 is 28.9 Å². The number of carbonyl (C=O) groups excluding carboxylic acids is 1. The third kappa shape index (κ3) is 7.42. The second-order valence-corrected chi connectivity index (χ2v) is 16.3. The summed E-state index contributed by atoms with van der Waals surface area (Å²) in [4.78, 5) is 35.5. The first-order valence-electron chi connectivity index (χ1n) is 19.2. The second-order valence-electron chi connectivity index (χ2n) is 15.5. The Hall–Kier alpha value is -4.22. The molecule has 1 saturated heterocycles. The van der Waals surface area contributed by atoms with E-state index in [1.807, 2.05) is 42.5 Å². The summed E-state index contributed by atoms with van der Waals surface area (Å²) in [6.07, 6.45) is 6.53. The first kappa shape index (κ1) is 37.7. The van der Waals surface area contributed by atoms with E-state index in [4.69, 9.17) is 47.4 Å². The summed E-state index contributed by atoms with van der Waals surface area (Å²) in [5.74, 6) is 0.932. The minimum Gasteiger partial charge on any atom is -0.481 e. The minimum absolute atomic E-state index is 0.132. The van der Waals surface area contributed by atoms with Gasteiger partial charge in [-0.2, -0.15) is 4.98 Å². The van der Waals surface area contributed by atoms with E-state index in [0.29, 0.717) is 71.9 Å². The van der Waals surface area contributed by atoms with Crippen LogP contribution in [0.25, 0.3) is 22.4 Å². The Kier molecular flexibility index (Phi) is 10.8. The number of pyridine rings is 2. The van der Waals surface area contributed by atoms with Crippen LogP contribution in [-0.2, 0) is 29.1 Å². The van der Waals surface area contributed by atoms with Gasteiger partial charge < -0.3 is 24.6 Å². The molecule has 8 rings (SSSR count). The zero-order valence-electron chi connectivity index (χ0n) is 31.2. The molecule has 1 spiro atoms. The number of aromatic nitrogens is 2. The van der Waals surface area contributed by atoms with E-state index in [1.165, 1.54) is 0 Å². The summed E-state index contributed by atoms with van der Waals surface area (Å²) in [7, 11) is 3.20. The number of likely N-dealkylation sites (tertiary alicyclic amines) is 1. The number of hydrogen-bond donors (Lipinski definition) is 2. The van der Waals surface area contributed by atoms with Crippen molar-refractivity contribution in [2.24, 2.45) is 17.3 Å². The van der Waals surface area contributed by atoms with Crippen LogP contribution in [0.15, 0.2) is 54.6 Å². The van der Waals surface area contributed by atoms with Gasteiger partial charge in [-0.05, 0) is 78.8 Å². The molecule has 10 nitrogen and oxygen atoms in total. The van der Waals surface area contributed by atoms with Crippen LogP contribution in [0, 0.1) is 17.3 Å². The van der Waals surface area contributed by atoms with Crippen LogP contribution < -0.4 is 19.5 Å². The normalized spacial score (nSPS) is 21.5. The number of hydrogen-bond acceptors (Lipinski definition) is 9. The van der Waals surface area contributed by atoms with Crippen molar-refractivity contribution in [1.29, 1.82) is 0 Å². The van der Waals surface area contributed by atoms with Crippen molar-refractivity contribution in [3.05, 3.63) is 86.9 Å². The zero-order chi connectivity index (χ0) is 38.3. The van der Waals surface area contributed by atoms with Crippen molar-refractivity contribution in [2.45, 2.75) is 70.6 Å². The number of halogens is 2. The number of ketones is 1. The van der Waals surface area contributed by atoms with Crippen LogP contribution >= 0.6 is 23.2 Å². The zero-order valence-corrected chi connectivity index (χ0v) is 32.7. The van der Waals surface area contributed by atoms with Crippen LogP contribution in [0.4, 0.5) is 0 Å². The lowest BCUT2D eigenvalue weighted by Gasteiger charge is -2.41. The summed E-state index contributed by atoms with van der Waals surface area (Å²) in [5, 5.41) is 14.4. The minimum atomic E-state index is -0.716. The Bertz CT molecular complexity index is 2120. The molecule has 2 saturated carbocycles. The molecule has 1 unspecified atom stereocenters. The largest absolute Gasteiger partial charge is 0.481 e. The third-order valence-electron chi connectivity index (χ3n) is 12.2. The molecular formula is C43H46Cl2N4O6. The summed E-state index contributed by atoms with van der Waals surface area (Å²) in [6.45, 7) is 3.14. The van der Waals surface area contributed by atoms with E-state index in [2.05, 4.69) is 22.3 Å². The van der Waals surface area contributed by atoms with Gasteiger partial charge in [-0.15, -0.1) is 0 Å². The molecule has 3 aliphatic carbocycles. The Morgan fingerprint density at radius 1 is 0.945 bits per heavy atom. The van der Waals surface area contributed by atoms with Gasteiger partial charge >= 0.3 is 5.97 Å². The first-order valence-corrected chi connectivity index (χ1v) is 19.9. The van der Waals surface area contributed by atoms with Gasteiger partial charge in [-0.25, -0.2) is 4.98 Å². The average Bonchev–Trinajstić information content (AvgIpc) is 3.90. The highest BCUT2D eigenvalue weighted by atomic mass is 35.5. The van der Waals surface area contributed by atoms with Crippen molar-refractivity contribution in [3.63, 3.8) is 0 Å². The number of carbonyl (C=O) groups is 2. The van der Waals surface area contributed by atoms with Gasteiger partial charge in [0, 0.05) is 61.3 Å². The van der Waals surface area contributed by atoms with E-state index < -0.39 is 5.97 Å². The Labute approximate surface area is 331 Å². The van der Waals surface area contributed by atoms with E-state index in [0.717, 1.165) is 96.3 Å². The summed E-state index contributed by atoms with van der Waals surface area (Å²) in [5.41, 5.74) is 7.31. The highest BCUT2D eigenvalue weighted by molar-refractivity contribution is 6.36. The van der Waals surface area contributed by atoms with E-state index >= 15 is 0 Å². The highest BCUT2D eigenvalue weighted by Crippen LogP contribution is 2.52. The Morgan fingerprint density at radius 3 is 2.42 bits per heavy atom. The Morgan fingerprint density at radius 2 is 1.71 bits per heavy atom. The Balaban J connectivity index is 0.987. The van der Waals surface area contributed by atoms with E-state index in [1.54, 1.807) is 14.2 Å². The molecule has 0 radical (unpaired) electrons. The molecule has 0 amide bonds. The summed E-state index contributed by atoms with van der Waals surface area (Å²) in [6, 6.07) is 18.0. The van der Waals surface area contributed by atoms with Crippen molar-refractivity contribution in [3.8, 4) is 40.0 Å². The number of Topliss-reactive ketones (excluding diaryl/α,β-unsaturated/α-hetero) is 1. The molecule has 0 bridgehead atoms. The van der Waals surface area contributed by atoms with E-state index in [-0.39, 0.29) is 17.4 Å². The highest BCUT2D eigenvalue weighted by Gasteiger charge is 2.53. The van der Waals surface area contributed by atoms with Crippen LogP contribution in [0.1, 0.15) is 73.3 Å². The van der Waals surface area contributed by atoms with Gasteiger partial charge in [0.25, 0.3) is 0 Å². The number of nitrogens with one attached hydrogen (secondary N) is 1. The quantitative estimate of drug-likeness (QED) is 0.137. The SMILES string of the molecule is COc1nc(-c2cccc(-c3cccc4c3CC[C@@H]4Oc3nc(OC)c(CN4CC(C(=O)O)C5(CCC5)C4)cc3Cl)c2Cl)ccc1CNC[C@@H]1CCC(=O)C1. The molecule has 3 atom stereocenters. The number of methoxy groups -OCH3 is 2. The lowest BCUT2D eigenvalue weighted by Crippen LogP contribution is -2.40. The number of carboxylic acid groups (broad SMARTS) is 1. The van der Waals surface area contributed by atoms with Gasteiger partial charge in [-0.1, -0.05) is 72.1 Å². The molecule has 12 heteroatoms. The molecule has 2 aromatic carbocycles. The van der Waals surface area contributed by atoms with Gasteiger partial charge in [0.15, 0.2) is 0 Å². The lowest BCUT2D eigenvalue weighted by molar-refractivity contribution is -0.146. The fraction of sp³-hybridized carbons (Fsp3) is 0.442. The maximum Gasteiger partial charge on any atom is 0.308 e. The molecular weight excluding hydrogens is 739 g/mol. The predicted molar refractivity (Wildman–Crippen MR) is 211 cm³/mol. The molecule has 3 heterocycles. The molecule has 3 fully saturated rings. The molecule has 1 aliphatic heterocycles. The fourth-order valence-corrected chi connectivity index (χ4v) is 9.79. The van der Waals surface area contributed by atoms with Gasteiger partial charge in [0.1, 0.15) is 16.9 Å². The molecule has 2 aromatic heterocycles. The van der Waals surface area contributed by atoms with Crippen molar-refractivity contribution in [2.75, 3.05) is 33.9 Å².